The highest BCUT2D eigenvalue weighted by Gasteiger charge is 2.23. The van der Waals surface area contributed by atoms with Crippen LogP contribution >= 0.6 is 0 Å². The van der Waals surface area contributed by atoms with Crippen molar-refractivity contribution in [1.82, 2.24) is 10.6 Å². The molecule has 0 spiro atoms. The highest BCUT2D eigenvalue weighted by Crippen LogP contribution is 2.18. The molecule has 0 bridgehead atoms. The van der Waals surface area contributed by atoms with Gasteiger partial charge in [0, 0.05) is 19.0 Å². The monoisotopic (exact) mass is 255 g/mol. The van der Waals surface area contributed by atoms with E-state index in [2.05, 4.69) is 10.6 Å². The molecule has 1 aliphatic rings. The first-order valence-corrected chi connectivity index (χ1v) is 6.87. The zero-order chi connectivity index (χ0) is 13.5. The number of carbonyl (C=O) groups excluding carboxylic acids is 2. The third-order valence-electron chi connectivity index (χ3n) is 3.38. The van der Waals surface area contributed by atoms with Crippen molar-refractivity contribution in [2.24, 2.45) is 11.7 Å². The van der Waals surface area contributed by atoms with Crippen molar-refractivity contribution >= 4 is 11.8 Å². The summed E-state index contributed by atoms with van der Waals surface area (Å²) >= 11 is 0. The Hall–Kier alpha value is -1.10. The van der Waals surface area contributed by atoms with E-state index in [1.165, 1.54) is 0 Å². The van der Waals surface area contributed by atoms with E-state index in [9.17, 15) is 9.59 Å². The maximum Gasteiger partial charge on any atom is 0.237 e. The molecule has 0 aliphatic heterocycles. The van der Waals surface area contributed by atoms with Crippen molar-refractivity contribution in [2.75, 3.05) is 6.54 Å². The van der Waals surface area contributed by atoms with Crippen molar-refractivity contribution in [2.45, 2.75) is 58.0 Å². The molecule has 4 N–H and O–H groups in total. The minimum absolute atomic E-state index is 0.0815. The predicted molar refractivity (Wildman–Crippen MR) is 70.8 cm³/mol. The minimum Gasteiger partial charge on any atom is -0.355 e. The Morgan fingerprint density at radius 1 is 1.39 bits per heavy atom. The average molecular weight is 255 g/mol. The predicted octanol–water partition coefficient (Wildman–Crippen LogP) is 0.535. The fourth-order valence-electron chi connectivity index (χ4n) is 1.62. The highest BCUT2D eigenvalue weighted by molar-refractivity contribution is 5.81. The first kappa shape index (κ1) is 15.0. The summed E-state index contributed by atoms with van der Waals surface area (Å²) in [6.07, 6.45) is 4.23. The van der Waals surface area contributed by atoms with Crippen LogP contribution in [-0.2, 0) is 9.59 Å². The minimum atomic E-state index is -0.449. The number of nitrogens with one attached hydrogen (secondary N) is 2. The van der Waals surface area contributed by atoms with Gasteiger partial charge in [0.2, 0.25) is 11.8 Å². The van der Waals surface area contributed by atoms with E-state index in [1.807, 2.05) is 13.8 Å². The Labute approximate surface area is 109 Å². The lowest BCUT2D eigenvalue weighted by atomic mass is 9.99. The molecule has 0 aromatic heterocycles. The van der Waals surface area contributed by atoms with Gasteiger partial charge in [-0.3, -0.25) is 9.59 Å². The molecule has 0 aromatic carbocycles. The third kappa shape index (κ3) is 5.49. The molecule has 0 saturated heterocycles. The van der Waals surface area contributed by atoms with Gasteiger partial charge in [0.1, 0.15) is 0 Å². The quantitative estimate of drug-likeness (QED) is 0.553. The molecule has 1 aliphatic carbocycles. The van der Waals surface area contributed by atoms with E-state index in [0.717, 1.165) is 19.3 Å². The maximum atomic E-state index is 11.6. The van der Waals surface area contributed by atoms with E-state index >= 15 is 0 Å². The van der Waals surface area contributed by atoms with E-state index in [4.69, 9.17) is 5.73 Å². The molecule has 0 heterocycles. The number of hydrogen-bond donors (Lipinski definition) is 3. The molecule has 0 aromatic rings. The van der Waals surface area contributed by atoms with Gasteiger partial charge in [0.25, 0.3) is 0 Å². The molecular formula is C13H25N3O2. The molecule has 104 valence electrons. The largest absolute Gasteiger partial charge is 0.355 e. The number of nitrogens with two attached hydrogens (primary N) is 1. The summed E-state index contributed by atoms with van der Waals surface area (Å²) in [6.45, 7) is 4.49. The summed E-state index contributed by atoms with van der Waals surface area (Å²) in [5.74, 6) is 0.146. The molecule has 0 radical (unpaired) electrons. The van der Waals surface area contributed by atoms with Crippen molar-refractivity contribution in [3.8, 4) is 0 Å². The van der Waals surface area contributed by atoms with Crippen LogP contribution in [0, 0.1) is 5.92 Å². The fraction of sp³-hybridized carbons (Fsp3) is 0.846. The Balaban J connectivity index is 2.05. The number of amides is 2. The van der Waals surface area contributed by atoms with Gasteiger partial charge < -0.3 is 16.4 Å². The summed E-state index contributed by atoms with van der Waals surface area (Å²) < 4.78 is 0. The van der Waals surface area contributed by atoms with Gasteiger partial charge >= 0.3 is 0 Å². The molecule has 1 saturated carbocycles. The molecule has 2 atom stereocenters. The van der Waals surface area contributed by atoms with E-state index in [0.29, 0.717) is 25.4 Å². The van der Waals surface area contributed by atoms with Gasteiger partial charge in [-0.1, -0.05) is 20.3 Å². The van der Waals surface area contributed by atoms with Crippen LogP contribution in [0.15, 0.2) is 0 Å². The highest BCUT2D eigenvalue weighted by atomic mass is 16.2. The van der Waals surface area contributed by atoms with Crippen LogP contribution in [0.25, 0.3) is 0 Å². The van der Waals surface area contributed by atoms with Crippen LogP contribution in [0.2, 0.25) is 0 Å². The average Bonchev–Trinajstić information content (AvgIpc) is 3.16. The number of carbonyl (C=O) groups is 2. The van der Waals surface area contributed by atoms with Crippen LogP contribution in [0.5, 0.6) is 0 Å². The normalized spacial score (nSPS) is 17.9. The maximum absolute atomic E-state index is 11.6. The molecular weight excluding hydrogens is 230 g/mol. The second-order valence-electron chi connectivity index (χ2n) is 5.15. The molecule has 5 nitrogen and oxygen atoms in total. The second-order valence-corrected chi connectivity index (χ2v) is 5.15. The van der Waals surface area contributed by atoms with Gasteiger partial charge in [0.15, 0.2) is 0 Å². The molecule has 2 unspecified atom stereocenters. The van der Waals surface area contributed by atoms with Crippen molar-refractivity contribution in [1.29, 1.82) is 0 Å². The smallest absolute Gasteiger partial charge is 0.237 e. The Kier molecular flexibility index (Phi) is 6.12. The SMILES string of the molecule is CCC(C)C(N)C(=O)NCCCC(=O)NC1CC1. The Morgan fingerprint density at radius 2 is 2.06 bits per heavy atom. The molecule has 2 amide bonds. The topological polar surface area (TPSA) is 84.2 Å². The van der Waals surface area contributed by atoms with E-state index in [1.54, 1.807) is 0 Å². The Morgan fingerprint density at radius 3 is 2.61 bits per heavy atom. The van der Waals surface area contributed by atoms with Crippen LogP contribution in [-0.4, -0.2) is 30.4 Å². The van der Waals surface area contributed by atoms with E-state index < -0.39 is 6.04 Å². The van der Waals surface area contributed by atoms with E-state index in [-0.39, 0.29) is 17.7 Å². The molecule has 18 heavy (non-hydrogen) atoms. The standard InChI is InChI=1S/C13H25N3O2/c1-3-9(2)12(14)13(18)15-8-4-5-11(17)16-10-6-7-10/h9-10,12H,3-8,14H2,1-2H3,(H,15,18)(H,16,17). The van der Waals surface area contributed by atoms with Gasteiger partial charge in [0.05, 0.1) is 6.04 Å². The lowest BCUT2D eigenvalue weighted by molar-refractivity contribution is -0.124. The van der Waals surface area contributed by atoms with Gasteiger partial charge in [-0.05, 0) is 25.2 Å². The third-order valence-corrected chi connectivity index (χ3v) is 3.38. The molecule has 5 heteroatoms. The summed E-state index contributed by atoms with van der Waals surface area (Å²) in [4.78, 5) is 23.0. The second kappa shape index (κ2) is 7.36. The van der Waals surface area contributed by atoms with Gasteiger partial charge in [-0.15, -0.1) is 0 Å². The van der Waals surface area contributed by atoms with Crippen LogP contribution in [0.1, 0.15) is 46.0 Å². The summed E-state index contributed by atoms with van der Waals surface area (Å²) in [6, 6.07) is -0.0405. The summed E-state index contributed by atoms with van der Waals surface area (Å²) in [5, 5.41) is 5.69. The summed E-state index contributed by atoms with van der Waals surface area (Å²) in [5.41, 5.74) is 5.80. The molecule has 1 rings (SSSR count). The zero-order valence-corrected chi connectivity index (χ0v) is 11.4. The lowest BCUT2D eigenvalue weighted by Crippen LogP contribution is -2.45. The van der Waals surface area contributed by atoms with Crippen molar-refractivity contribution in [3.63, 3.8) is 0 Å². The number of rotatable bonds is 8. The first-order chi connectivity index (χ1) is 8.54. The van der Waals surface area contributed by atoms with Crippen molar-refractivity contribution in [3.05, 3.63) is 0 Å². The van der Waals surface area contributed by atoms with Crippen LogP contribution in [0.3, 0.4) is 0 Å². The lowest BCUT2D eigenvalue weighted by Gasteiger charge is -2.17. The number of hydrogen-bond acceptors (Lipinski definition) is 3. The summed E-state index contributed by atoms with van der Waals surface area (Å²) in [7, 11) is 0. The van der Waals surface area contributed by atoms with Gasteiger partial charge in [-0.2, -0.15) is 0 Å². The molecule has 1 fully saturated rings. The van der Waals surface area contributed by atoms with Crippen LogP contribution < -0.4 is 16.4 Å². The van der Waals surface area contributed by atoms with Crippen molar-refractivity contribution < 1.29 is 9.59 Å². The Bertz CT molecular complexity index is 290. The zero-order valence-electron chi connectivity index (χ0n) is 11.4. The van der Waals surface area contributed by atoms with Gasteiger partial charge in [-0.25, -0.2) is 0 Å². The fourth-order valence-corrected chi connectivity index (χ4v) is 1.62. The van der Waals surface area contributed by atoms with Crippen LogP contribution in [0.4, 0.5) is 0 Å². The first-order valence-electron chi connectivity index (χ1n) is 6.87.